The van der Waals surface area contributed by atoms with Crippen LogP contribution >= 0.6 is 8.25 Å². The zero-order valence-corrected chi connectivity index (χ0v) is 9.59. The van der Waals surface area contributed by atoms with Crippen molar-refractivity contribution >= 4 is 8.25 Å². The molecule has 1 unspecified atom stereocenters. The van der Waals surface area contributed by atoms with Crippen molar-refractivity contribution in [2.75, 3.05) is 13.1 Å². The zero-order chi connectivity index (χ0) is 7.40. The molecule has 0 saturated carbocycles. The van der Waals surface area contributed by atoms with Gasteiger partial charge in [-0.15, -0.1) is 9.96 Å². The summed E-state index contributed by atoms with van der Waals surface area (Å²) in [6, 6.07) is 0. The predicted octanol–water partition coefficient (Wildman–Crippen LogP) is -1.83. The van der Waals surface area contributed by atoms with Crippen LogP contribution in [0.15, 0.2) is 0 Å². The minimum absolute atomic E-state index is 0. The normalized spacial score (nSPS) is 20.6. The molecule has 0 aromatic carbocycles. The largest absolute Gasteiger partial charge is 1.00 e. The second kappa shape index (κ2) is 6.49. The first-order valence-corrected chi connectivity index (χ1v) is 4.51. The van der Waals surface area contributed by atoms with E-state index in [1.165, 1.54) is 6.42 Å². The summed E-state index contributed by atoms with van der Waals surface area (Å²) in [6.07, 6.45) is 3.31. The van der Waals surface area contributed by atoms with E-state index in [2.05, 4.69) is 4.62 Å². The number of hydrogen-bond donors (Lipinski definition) is 1. The molecule has 1 saturated heterocycles. The molecular formula is C5H12NNaO3P+. The standard InChI is InChI=1S/C5H10NO3P.Na.H/c7-10(8)9-6-4-2-1-3-5-6;;/h1-5H2;;/q;+1;-1/p+1. The van der Waals surface area contributed by atoms with E-state index in [1.807, 2.05) is 0 Å². The molecule has 1 rings (SSSR count). The number of hydroxylamine groups is 2. The fourth-order valence-electron chi connectivity index (χ4n) is 1.05. The summed E-state index contributed by atoms with van der Waals surface area (Å²) in [5.74, 6) is 0. The van der Waals surface area contributed by atoms with Crippen LogP contribution in [0, 0.1) is 0 Å². The Morgan fingerprint density at radius 1 is 1.36 bits per heavy atom. The molecule has 0 bridgehead atoms. The van der Waals surface area contributed by atoms with Crippen molar-refractivity contribution < 1.29 is 45.1 Å². The monoisotopic (exact) mass is 188 g/mol. The molecule has 1 atom stereocenters. The molecule has 1 fully saturated rings. The van der Waals surface area contributed by atoms with Crippen LogP contribution in [0.2, 0.25) is 0 Å². The van der Waals surface area contributed by atoms with Gasteiger partial charge < -0.3 is 1.43 Å². The zero-order valence-electron chi connectivity index (χ0n) is 7.69. The second-order valence-corrected chi connectivity index (χ2v) is 2.95. The van der Waals surface area contributed by atoms with Crippen LogP contribution in [-0.2, 0) is 9.19 Å². The van der Waals surface area contributed by atoms with Crippen LogP contribution in [0.3, 0.4) is 0 Å². The van der Waals surface area contributed by atoms with Crippen LogP contribution < -0.4 is 29.6 Å². The number of rotatable bonds is 2. The molecule has 1 heterocycles. The van der Waals surface area contributed by atoms with Gasteiger partial charge in [0.05, 0.1) is 0 Å². The summed E-state index contributed by atoms with van der Waals surface area (Å²) >= 11 is 0. The van der Waals surface area contributed by atoms with E-state index in [0.717, 1.165) is 25.9 Å². The minimum atomic E-state index is -2.45. The van der Waals surface area contributed by atoms with E-state index >= 15 is 0 Å². The topological polar surface area (TPSA) is 49.8 Å². The Morgan fingerprint density at radius 3 is 2.36 bits per heavy atom. The molecule has 1 aliphatic rings. The van der Waals surface area contributed by atoms with Crippen LogP contribution in [0.1, 0.15) is 20.7 Å². The first-order chi connectivity index (χ1) is 4.79. The molecule has 0 aromatic rings. The molecule has 1 aliphatic heterocycles. The van der Waals surface area contributed by atoms with Gasteiger partial charge in [0.15, 0.2) is 0 Å². The molecule has 1 N–H and O–H groups in total. The maximum atomic E-state index is 10.2. The van der Waals surface area contributed by atoms with Crippen LogP contribution in [0.25, 0.3) is 0 Å². The average molecular weight is 188 g/mol. The second-order valence-electron chi connectivity index (χ2n) is 2.31. The Labute approximate surface area is 90.6 Å². The predicted molar refractivity (Wildman–Crippen MR) is 37.4 cm³/mol. The molecular weight excluding hydrogens is 176 g/mol. The molecule has 0 aliphatic carbocycles. The Balaban J connectivity index is 0. The molecule has 6 heteroatoms. The summed E-state index contributed by atoms with van der Waals surface area (Å²) in [6.45, 7) is 1.56. The Kier molecular flexibility index (Phi) is 7.07. The maximum absolute atomic E-state index is 10.2. The summed E-state index contributed by atoms with van der Waals surface area (Å²) in [4.78, 5) is 8.35. The fourth-order valence-corrected chi connectivity index (χ4v) is 1.41. The van der Waals surface area contributed by atoms with E-state index in [0.29, 0.717) is 0 Å². The van der Waals surface area contributed by atoms with Gasteiger partial charge in [-0.3, -0.25) is 0 Å². The third kappa shape index (κ3) is 5.26. The van der Waals surface area contributed by atoms with Gasteiger partial charge in [0.1, 0.15) is 0 Å². The average Bonchev–Trinajstić information content (AvgIpc) is 1.88. The molecule has 0 amide bonds. The van der Waals surface area contributed by atoms with Gasteiger partial charge in [0.2, 0.25) is 0 Å². The van der Waals surface area contributed by atoms with E-state index in [4.69, 9.17) is 4.89 Å². The van der Waals surface area contributed by atoms with Crippen molar-refractivity contribution in [3.8, 4) is 0 Å². The van der Waals surface area contributed by atoms with Crippen LogP contribution in [0.5, 0.6) is 0 Å². The Bertz CT molecular complexity index is 134. The summed E-state index contributed by atoms with van der Waals surface area (Å²) in [7, 11) is -2.45. The van der Waals surface area contributed by atoms with Crippen molar-refractivity contribution in [3.05, 3.63) is 0 Å². The van der Waals surface area contributed by atoms with Gasteiger partial charge in [-0.05, 0) is 17.5 Å². The third-order valence-corrected chi connectivity index (χ3v) is 1.87. The van der Waals surface area contributed by atoms with Crippen molar-refractivity contribution in [2.24, 2.45) is 0 Å². The first-order valence-electron chi connectivity index (χ1n) is 3.38. The summed E-state index contributed by atoms with van der Waals surface area (Å²) in [5, 5.41) is 1.56. The number of nitrogens with zero attached hydrogens (tertiary/aromatic N) is 1. The summed E-state index contributed by atoms with van der Waals surface area (Å²) in [5.41, 5.74) is 0. The third-order valence-electron chi connectivity index (χ3n) is 1.50. The van der Waals surface area contributed by atoms with Crippen LogP contribution in [0.4, 0.5) is 0 Å². The van der Waals surface area contributed by atoms with Gasteiger partial charge >= 0.3 is 37.8 Å². The van der Waals surface area contributed by atoms with Crippen molar-refractivity contribution in [2.45, 2.75) is 19.3 Å². The minimum Gasteiger partial charge on any atom is -1.00 e. The van der Waals surface area contributed by atoms with E-state index in [9.17, 15) is 4.57 Å². The van der Waals surface area contributed by atoms with E-state index in [-0.39, 0.29) is 31.0 Å². The SMILES string of the molecule is O=[P+](O)ON1CCCCC1.[H-].[Na+]. The van der Waals surface area contributed by atoms with Crippen molar-refractivity contribution in [3.63, 3.8) is 0 Å². The molecule has 0 spiro atoms. The Hall–Kier alpha value is 0.980. The fraction of sp³-hybridized carbons (Fsp3) is 1.00. The first kappa shape index (κ1) is 12.0. The van der Waals surface area contributed by atoms with E-state index in [1.54, 1.807) is 5.06 Å². The van der Waals surface area contributed by atoms with Crippen LogP contribution in [-0.4, -0.2) is 23.0 Å². The Morgan fingerprint density at radius 2 is 1.91 bits per heavy atom. The van der Waals surface area contributed by atoms with Gasteiger partial charge in [-0.25, -0.2) is 0 Å². The maximum Gasteiger partial charge on any atom is 1.00 e. The molecule has 60 valence electrons. The van der Waals surface area contributed by atoms with Gasteiger partial charge in [-0.2, -0.15) is 0 Å². The van der Waals surface area contributed by atoms with Crippen molar-refractivity contribution in [1.82, 2.24) is 5.06 Å². The molecule has 4 nitrogen and oxygen atoms in total. The van der Waals surface area contributed by atoms with Gasteiger partial charge in [0, 0.05) is 17.7 Å². The molecule has 0 aromatic heterocycles. The van der Waals surface area contributed by atoms with Crippen molar-refractivity contribution in [1.29, 1.82) is 0 Å². The molecule has 0 radical (unpaired) electrons. The molecule has 11 heavy (non-hydrogen) atoms. The van der Waals surface area contributed by atoms with E-state index < -0.39 is 8.25 Å². The smallest absolute Gasteiger partial charge is 1.00 e. The van der Waals surface area contributed by atoms with Gasteiger partial charge in [-0.1, -0.05) is 6.42 Å². The number of hydrogen-bond acceptors (Lipinski definition) is 3. The quantitative estimate of drug-likeness (QED) is 0.409. The van der Waals surface area contributed by atoms with Gasteiger partial charge in [0.25, 0.3) is 0 Å². The number of piperidine rings is 1. The summed E-state index contributed by atoms with van der Waals surface area (Å²) < 4.78 is 14.7.